The summed E-state index contributed by atoms with van der Waals surface area (Å²) in [5.74, 6) is -0.434. The van der Waals surface area contributed by atoms with Gasteiger partial charge in [-0.25, -0.2) is 0 Å². The lowest BCUT2D eigenvalue weighted by Crippen LogP contribution is -2.12. The van der Waals surface area contributed by atoms with Crippen molar-refractivity contribution in [3.63, 3.8) is 0 Å². The normalized spacial score (nSPS) is 11.8. The van der Waals surface area contributed by atoms with Gasteiger partial charge in [0.25, 0.3) is 0 Å². The van der Waals surface area contributed by atoms with Crippen molar-refractivity contribution >= 4 is 33.5 Å². The Morgan fingerprint density at radius 2 is 1.85 bits per heavy atom. The molecule has 0 aromatic carbocycles. The summed E-state index contributed by atoms with van der Waals surface area (Å²) >= 11 is 0. The molecule has 0 amide bonds. The fraction of sp³-hybridized carbons (Fsp3) is 0.692. The zero-order valence-electron chi connectivity index (χ0n) is 12.5. The van der Waals surface area contributed by atoms with E-state index in [1.165, 1.54) is 4.91 Å². The molecule has 0 radical (unpaired) electrons. The van der Waals surface area contributed by atoms with Gasteiger partial charge in [-0.2, -0.15) is 0 Å². The van der Waals surface area contributed by atoms with Gasteiger partial charge in [-0.1, -0.05) is 28.5 Å². The van der Waals surface area contributed by atoms with Gasteiger partial charge in [-0.15, -0.1) is 0 Å². The number of carboxylic acid groups (broad SMARTS) is 1. The Balaban J connectivity index is 4.24. The molecule has 0 saturated carbocycles. The topological polar surface area (TPSA) is 66.8 Å². The van der Waals surface area contributed by atoms with Gasteiger partial charge in [-0.05, 0) is 6.92 Å². The van der Waals surface area contributed by atoms with E-state index in [4.69, 9.17) is 9.84 Å². The first-order valence-corrected chi connectivity index (χ1v) is 8.74. The number of ether oxygens (including phenoxy) is 1. The van der Waals surface area contributed by atoms with Crippen molar-refractivity contribution in [1.82, 2.24) is 4.90 Å². The van der Waals surface area contributed by atoms with E-state index in [-0.39, 0.29) is 19.4 Å². The van der Waals surface area contributed by atoms with Crippen LogP contribution in [0.2, 0.25) is 0 Å². The summed E-state index contributed by atoms with van der Waals surface area (Å²) < 4.78 is 5.06. The second kappa shape index (κ2) is 10.9. The van der Waals surface area contributed by atoms with Gasteiger partial charge in [-0.3, -0.25) is 9.59 Å². The van der Waals surface area contributed by atoms with Gasteiger partial charge >= 0.3 is 11.9 Å². The zero-order chi connectivity index (χ0) is 15.5. The molecule has 7 heteroatoms. The average molecular weight is 321 g/mol. The molecule has 0 saturated heterocycles. The molecule has 0 aliphatic heterocycles. The van der Waals surface area contributed by atoms with Crippen molar-refractivity contribution < 1.29 is 19.4 Å². The molecular formula is C13H23NO4S2. The second-order valence-corrected chi connectivity index (χ2v) is 6.94. The first-order valence-electron chi connectivity index (χ1n) is 6.42. The van der Waals surface area contributed by atoms with Gasteiger partial charge in [0.2, 0.25) is 0 Å². The standard InChI is InChI=1S/C13H23NO4S2/c1-5-19-20-11(10(2)14(3)4)8-9-18-13(17)7-6-12(15)16/h5-9H2,1-4H3,(H,15,16)/b11-10-. The van der Waals surface area contributed by atoms with Crippen LogP contribution in [0.4, 0.5) is 0 Å². The maximum absolute atomic E-state index is 11.3. The van der Waals surface area contributed by atoms with Crippen molar-refractivity contribution in [3.8, 4) is 0 Å². The highest BCUT2D eigenvalue weighted by Gasteiger charge is 2.10. The fourth-order valence-corrected chi connectivity index (χ4v) is 3.32. The van der Waals surface area contributed by atoms with E-state index in [0.29, 0.717) is 6.42 Å². The Labute approximate surface area is 128 Å². The van der Waals surface area contributed by atoms with Gasteiger partial charge < -0.3 is 14.7 Å². The van der Waals surface area contributed by atoms with Crippen LogP contribution in [-0.2, 0) is 14.3 Å². The summed E-state index contributed by atoms with van der Waals surface area (Å²) in [5, 5.41) is 8.48. The summed E-state index contributed by atoms with van der Waals surface area (Å²) in [6, 6.07) is 0. The fourth-order valence-electron chi connectivity index (χ4n) is 1.20. The van der Waals surface area contributed by atoms with Crippen LogP contribution in [-0.4, -0.2) is 48.4 Å². The van der Waals surface area contributed by atoms with E-state index in [2.05, 4.69) is 6.92 Å². The zero-order valence-corrected chi connectivity index (χ0v) is 14.1. The molecule has 0 rings (SSSR count). The number of carbonyl (C=O) groups excluding carboxylic acids is 1. The van der Waals surface area contributed by atoms with Crippen LogP contribution in [0, 0.1) is 0 Å². The Kier molecular flexibility index (Phi) is 10.5. The molecule has 0 aliphatic rings. The number of carbonyl (C=O) groups is 2. The third kappa shape index (κ3) is 9.14. The minimum Gasteiger partial charge on any atom is -0.481 e. The molecule has 0 atom stereocenters. The number of rotatable bonds is 10. The molecular weight excluding hydrogens is 298 g/mol. The predicted molar refractivity (Wildman–Crippen MR) is 84.6 cm³/mol. The Bertz CT molecular complexity index is 356. The minimum atomic E-state index is -0.985. The average Bonchev–Trinajstić information content (AvgIpc) is 2.39. The largest absolute Gasteiger partial charge is 0.481 e. The summed E-state index contributed by atoms with van der Waals surface area (Å²) in [4.78, 5) is 24.9. The molecule has 0 spiro atoms. The maximum atomic E-state index is 11.3. The van der Waals surface area contributed by atoms with Crippen LogP contribution < -0.4 is 0 Å². The third-order valence-corrected chi connectivity index (χ3v) is 5.21. The molecule has 0 unspecified atom stereocenters. The van der Waals surface area contributed by atoms with Crippen LogP contribution in [0.1, 0.15) is 33.1 Å². The molecule has 20 heavy (non-hydrogen) atoms. The van der Waals surface area contributed by atoms with Crippen molar-refractivity contribution in [2.45, 2.75) is 33.1 Å². The Morgan fingerprint density at radius 3 is 2.35 bits per heavy atom. The van der Waals surface area contributed by atoms with Gasteiger partial charge in [0.15, 0.2) is 0 Å². The van der Waals surface area contributed by atoms with Crippen LogP contribution in [0.5, 0.6) is 0 Å². The van der Waals surface area contributed by atoms with Crippen LogP contribution in [0.25, 0.3) is 0 Å². The second-order valence-electron chi connectivity index (χ2n) is 4.26. The van der Waals surface area contributed by atoms with E-state index in [9.17, 15) is 9.59 Å². The molecule has 0 bridgehead atoms. The summed E-state index contributed by atoms with van der Waals surface area (Å²) in [6.07, 6.45) is 0.400. The van der Waals surface area contributed by atoms with Crippen molar-refractivity contribution in [1.29, 1.82) is 0 Å². The van der Waals surface area contributed by atoms with E-state index in [0.717, 1.165) is 11.4 Å². The van der Waals surface area contributed by atoms with E-state index >= 15 is 0 Å². The molecule has 0 fully saturated rings. The van der Waals surface area contributed by atoms with Crippen molar-refractivity contribution in [3.05, 3.63) is 10.6 Å². The van der Waals surface area contributed by atoms with Crippen LogP contribution >= 0.6 is 21.6 Å². The van der Waals surface area contributed by atoms with Crippen LogP contribution in [0.15, 0.2) is 10.6 Å². The van der Waals surface area contributed by atoms with E-state index in [1.807, 2.05) is 25.9 Å². The molecule has 1 N–H and O–H groups in total. The molecule has 5 nitrogen and oxygen atoms in total. The van der Waals surface area contributed by atoms with Gasteiger partial charge in [0, 0.05) is 36.9 Å². The number of allylic oxidation sites excluding steroid dienone is 1. The summed E-state index contributed by atoms with van der Waals surface area (Å²) in [6.45, 7) is 4.41. The number of aliphatic carboxylic acids is 1. The third-order valence-electron chi connectivity index (χ3n) is 2.49. The van der Waals surface area contributed by atoms with Gasteiger partial charge in [0.1, 0.15) is 0 Å². The lowest BCUT2D eigenvalue weighted by Gasteiger charge is -2.18. The monoisotopic (exact) mass is 321 g/mol. The van der Waals surface area contributed by atoms with Crippen molar-refractivity contribution in [2.75, 3.05) is 26.5 Å². The first-order chi connectivity index (χ1) is 9.38. The highest BCUT2D eigenvalue weighted by molar-refractivity contribution is 8.78. The highest BCUT2D eigenvalue weighted by Crippen LogP contribution is 2.34. The number of hydrogen-bond donors (Lipinski definition) is 1. The highest BCUT2D eigenvalue weighted by atomic mass is 33.1. The minimum absolute atomic E-state index is 0.0715. The number of hydrogen-bond acceptors (Lipinski definition) is 6. The number of carboxylic acids is 1. The molecule has 116 valence electrons. The maximum Gasteiger partial charge on any atom is 0.306 e. The van der Waals surface area contributed by atoms with E-state index < -0.39 is 11.9 Å². The summed E-state index contributed by atoms with van der Waals surface area (Å²) in [5.41, 5.74) is 1.15. The molecule has 0 aromatic rings. The van der Waals surface area contributed by atoms with E-state index in [1.54, 1.807) is 21.6 Å². The van der Waals surface area contributed by atoms with Crippen molar-refractivity contribution in [2.24, 2.45) is 0 Å². The lowest BCUT2D eigenvalue weighted by molar-refractivity contribution is -0.147. The Morgan fingerprint density at radius 1 is 1.20 bits per heavy atom. The molecule has 0 heterocycles. The summed E-state index contributed by atoms with van der Waals surface area (Å²) in [7, 11) is 7.40. The number of nitrogens with zero attached hydrogens (tertiary/aromatic N) is 1. The Hall–Kier alpha value is -0.820. The molecule has 0 aliphatic carbocycles. The quantitative estimate of drug-likeness (QED) is 0.490. The number of esters is 1. The smallest absolute Gasteiger partial charge is 0.306 e. The lowest BCUT2D eigenvalue weighted by atomic mass is 10.3. The first kappa shape index (κ1) is 19.2. The van der Waals surface area contributed by atoms with Gasteiger partial charge in [0.05, 0.1) is 19.4 Å². The predicted octanol–water partition coefficient (Wildman–Crippen LogP) is 2.98. The SMILES string of the molecule is CCSS/C(CCOC(=O)CCC(=O)O)=C(/C)N(C)C. The molecule has 0 aromatic heterocycles. The van der Waals surface area contributed by atoms with Crippen LogP contribution in [0.3, 0.4) is 0 Å².